The Hall–Kier alpha value is -0.755. The standard InChI is InChI=1S/C9H8BS/c1-10-9-6-7-4-2-3-5-8(7)11-9/h2-6H,1H3/i1D. The Bertz CT molecular complexity index is 350. The van der Waals surface area contributed by atoms with E-state index in [-0.39, 0.29) is 0 Å². The highest BCUT2D eigenvalue weighted by molar-refractivity contribution is 7.27. The van der Waals surface area contributed by atoms with Crippen LogP contribution in [0.2, 0.25) is 6.80 Å². The molecule has 1 aromatic heterocycles. The van der Waals surface area contributed by atoms with Crippen LogP contribution in [0.1, 0.15) is 1.37 Å². The van der Waals surface area contributed by atoms with Crippen LogP contribution in [0.3, 0.4) is 0 Å². The predicted molar refractivity (Wildman–Crippen MR) is 53.1 cm³/mol. The number of fused-ring (bicyclic) bond motifs is 1. The fourth-order valence-corrected chi connectivity index (χ4v) is 2.02. The van der Waals surface area contributed by atoms with Gasteiger partial charge in [-0.25, -0.2) is 0 Å². The van der Waals surface area contributed by atoms with E-state index >= 15 is 0 Å². The molecule has 0 atom stereocenters. The number of thiophene rings is 1. The van der Waals surface area contributed by atoms with Gasteiger partial charge in [-0.2, -0.15) is 11.3 Å². The topological polar surface area (TPSA) is 0 Å². The summed E-state index contributed by atoms with van der Waals surface area (Å²) in [6.45, 7) is 0.368. The molecule has 0 aliphatic heterocycles. The Morgan fingerprint density at radius 1 is 1.45 bits per heavy atom. The van der Waals surface area contributed by atoms with Gasteiger partial charge in [0.2, 0.25) is 0 Å². The maximum Gasteiger partial charge on any atom is 0.162 e. The van der Waals surface area contributed by atoms with E-state index in [1.165, 1.54) is 14.9 Å². The van der Waals surface area contributed by atoms with Gasteiger partial charge in [0.1, 0.15) is 0 Å². The molecular weight excluding hydrogens is 151 g/mol. The van der Waals surface area contributed by atoms with Gasteiger partial charge in [-0.05, 0) is 16.2 Å². The second-order valence-electron chi connectivity index (χ2n) is 2.39. The lowest BCUT2D eigenvalue weighted by Gasteiger charge is -1.82. The van der Waals surface area contributed by atoms with Crippen molar-refractivity contribution in [3.05, 3.63) is 30.3 Å². The third-order valence-corrected chi connectivity index (χ3v) is 2.76. The zero-order chi connectivity index (χ0) is 8.39. The minimum absolute atomic E-state index is 0.368. The van der Waals surface area contributed by atoms with Gasteiger partial charge < -0.3 is 0 Å². The predicted octanol–water partition coefficient (Wildman–Crippen LogP) is 2.28. The Kier molecular flexibility index (Phi) is 1.44. The Balaban J connectivity index is 2.47. The summed E-state index contributed by atoms with van der Waals surface area (Å²) in [6.07, 6.45) is 0. The summed E-state index contributed by atoms with van der Waals surface area (Å²) in [4.78, 5) is 0. The molecule has 1 radical (unpaired) electrons. The normalized spacial score (nSPS) is 11.5. The summed E-state index contributed by atoms with van der Waals surface area (Å²) in [5.74, 6) is 0. The SMILES string of the molecule is [2H]C[B]c1cc2ccccc2s1. The average Bonchev–Trinajstić information content (AvgIpc) is 2.47. The lowest BCUT2D eigenvalue weighted by Crippen LogP contribution is -2.01. The molecule has 11 heavy (non-hydrogen) atoms. The first-order chi connectivity index (χ1) is 5.90. The Morgan fingerprint density at radius 3 is 3.18 bits per heavy atom. The number of hydrogen-bond acceptors (Lipinski definition) is 1. The number of rotatable bonds is 1. The smallest absolute Gasteiger partial charge is 0.151 e. The van der Waals surface area contributed by atoms with Gasteiger partial charge in [-0.15, -0.1) is 0 Å². The van der Waals surface area contributed by atoms with Crippen LogP contribution in [0.5, 0.6) is 0 Å². The first-order valence-electron chi connectivity index (χ1n) is 4.22. The minimum Gasteiger partial charge on any atom is -0.151 e. The summed E-state index contributed by atoms with van der Waals surface area (Å²) in [6, 6.07) is 10.4. The van der Waals surface area contributed by atoms with E-state index in [0.717, 1.165) is 0 Å². The summed E-state index contributed by atoms with van der Waals surface area (Å²) in [7, 11) is 1.94. The van der Waals surface area contributed by atoms with Crippen LogP contribution in [-0.4, -0.2) is 7.28 Å². The Morgan fingerprint density at radius 2 is 2.36 bits per heavy atom. The van der Waals surface area contributed by atoms with Crippen molar-refractivity contribution in [2.75, 3.05) is 0 Å². The number of hydrogen-bond donors (Lipinski definition) is 0. The van der Waals surface area contributed by atoms with Crippen LogP contribution in [0, 0.1) is 0 Å². The van der Waals surface area contributed by atoms with Gasteiger partial charge >= 0.3 is 0 Å². The fourth-order valence-electron chi connectivity index (χ4n) is 1.10. The van der Waals surface area contributed by atoms with E-state index in [1.807, 2.05) is 19.4 Å². The third-order valence-electron chi connectivity index (χ3n) is 1.65. The summed E-state index contributed by atoms with van der Waals surface area (Å²) < 4.78 is 9.57. The van der Waals surface area contributed by atoms with Gasteiger partial charge in [-0.3, -0.25) is 0 Å². The van der Waals surface area contributed by atoms with Crippen LogP contribution in [0.4, 0.5) is 0 Å². The largest absolute Gasteiger partial charge is 0.162 e. The molecule has 2 rings (SSSR count). The van der Waals surface area contributed by atoms with Crippen molar-refractivity contribution in [3.8, 4) is 0 Å². The van der Waals surface area contributed by atoms with Crippen LogP contribution in [0.15, 0.2) is 30.3 Å². The van der Waals surface area contributed by atoms with Gasteiger partial charge in [0.05, 0.1) is 0 Å². The zero-order valence-corrected chi connectivity index (χ0v) is 6.90. The quantitative estimate of drug-likeness (QED) is 0.561. The van der Waals surface area contributed by atoms with Crippen LogP contribution < -0.4 is 4.78 Å². The molecule has 0 N–H and O–H groups in total. The Labute approximate surface area is 72.5 Å². The van der Waals surface area contributed by atoms with Gasteiger partial charge in [0.15, 0.2) is 7.28 Å². The van der Waals surface area contributed by atoms with E-state index in [0.29, 0.717) is 6.80 Å². The first kappa shape index (κ1) is 5.84. The molecule has 0 spiro atoms. The molecule has 1 heterocycles. The summed E-state index contributed by atoms with van der Waals surface area (Å²) in [5, 5.41) is 1.28. The van der Waals surface area contributed by atoms with Gasteiger partial charge in [-0.1, -0.05) is 31.1 Å². The van der Waals surface area contributed by atoms with Gasteiger partial charge in [0.25, 0.3) is 0 Å². The molecule has 0 saturated heterocycles. The second-order valence-corrected chi connectivity index (χ2v) is 3.51. The van der Waals surface area contributed by atoms with E-state index in [1.54, 1.807) is 11.3 Å². The highest BCUT2D eigenvalue weighted by Crippen LogP contribution is 2.17. The molecule has 0 bridgehead atoms. The van der Waals surface area contributed by atoms with Crippen molar-refractivity contribution in [3.63, 3.8) is 0 Å². The molecule has 2 heteroatoms. The maximum atomic E-state index is 7.06. The lowest BCUT2D eigenvalue weighted by molar-refractivity contribution is 1.86. The average molecular weight is 160 g/mol. The first-order valence-corrected chi connectivity index (χ1v) is 4.33. The van der Waals surface area contributed by atoms with E-state index < -0.39 is 0 Å². The lowest BCUT2D eigenvalue weighted by atomic mass is 9.80. The maximum absolute atomic E-state index is 7.06. The highest BCUT2D eigenvalue weighted by Gasteiger charge is 1.97. The molecule has 0 fully saturated rings. The van der Waals surface area contributed by atoms with Crippen LogP contribution in [-0.2, 0) is 0 Å². The van der Waals surface area contributed by atoms with Crippen molar-refractivity contribution in [2.45, 2.75) is 6.80 Å². The van der Waals surface area contributed by atoms with Crippen molar-refractivity contribution < 1.29 is 1.37 Å². The molecule has 0 saturated carbocycles. The fraction of sp³-hybridized carbons (Fsp3) is 0.111. The summed E-state index contributed by atoms with van der Waals surface area (Å²) >= 11 is 1.75. The van der Waals surface area contributed by atoms with E-state index in [2.05, 4.69) is 18.2 Å². The highest BCUT2D eigenvalue weighted by atomic mass is 32.1. The van der Waals surface area contributed by atoms with Crippen molar-refractivity contribution in [1.29, 1.82) is 0 Å². The molecule has 0 aliphatic rings. The van der Waals surface area contributed by atoms with Crippen molar-refractivity contribution in [1.82, 2.24) is 0 Å². The minimum atomic E-state index is 0.368. The molecule has 0 amide bonds. The van der Waals surface area contributed by atoms with Crippen LogP contribution in [0.25, 0.3) is 10.1 Å². The molecule has 0 nitrogen and oxygen atoms in total. The number of benzene rings is 1. The van der Waals surface area contributed by atoms with Crippen molar-refractivity contribution in [2.24, 2.45) is 0 Å². The third kappa shape index (κ3) is 1.18. The molecule has 0 aliphatic carbocycles. The molecule has 1 aromatic carbocycles. The zero-order valence-electron chi connectivity index (χ0n) is 7.08. The van der Waals surface area contributed by atoms with Crippen LogP contribution >= 0.6 is 11.3 Å². The van der Waals surface area contributed by atoms with E-state index in [9.17, 15) is 0 Å². The van der Waals surface area contributed by atoms with E-state index in [4.69, 9.17) is 1.37 Å². The molecule has 0 unspecified atom stereocenters. The molecule has 53 valence electrons. The van der Waals surface area contributed by atoms with Gasteiger partial charge in [0, 0.05) is 6.07 Å². The summed E-state index contributed by atoms with van der Waals surface area (Å²) in [5.41, 5.74) is 0. The second kappa shape index (κ2) is 2.70. The molecular formula is C9H8BS. The van der Waals surface area contributed by atoms with Crippen molar-refractivity contribution >= 4 is 33.5 Å². The molecule has 2 aromatic rings. The monoisotopic (exact) mass is 160 g/mol.